The monoisotopic (exact) mass is 214 g/mol. The van der Waals surface area contributed by atoms with Crippen LogP contribution in [-0.4, -0.2) is 28.9 Å². The number of fused-ring (bicyclic) bond motifs is 1. The van der Waals surface area contributed by atoms with Gasteiger partial charge in [0.15, 0.2) is 0 Å². The van der Waals surface area contributed by atoms with E-state index in [4.69, 9.17) is 0 Å². The lowest BCUT2D eigenvalue weighted by molar-refractivity contribution is 0.0793. The van der Waals surface area contributed by atoms with Crippen LogP contribution in [0.15, 0.2) is 30.5 Å². The molecule has 2 heterocycles. The fourth-order valence-electron chi connectivity index (χ4n) is 2.28. The zero-order valence-corrected chi connectivity index (χ0v) is 9.07. The Morgan fingerprint density at radius 3 is 2.81 bits per heavy atom. The van der Waals surface area contributed by atoms with E-state index in [1.54, 1.807) is 0 Å². The second-order valence-electron chi connectivity index (χ2n) is 4.28. The maximum atomic E-state index is 12.1. The van der Waals surface area contributed by atoms with Crippen molar-refractivity contribution in [3.63, 3.8) is 0 Å². The van der Waals surface area contributed by atoms with Crippen molar-refractivity contribution in [1.29, 1.82) is 0 Å². The Hall–Kier alpha value is -1.77. The third-order valence-corrected chi connectivity index (χ3v) is 3.20. The molecule has 2 aromatic rings. The highest BCUT2D eigenvalue weighted by molar-refractivity contribution is 5.98. The molecule has 0 unspecified atom stereocenters. The van der Waals surface area contributed by atoms with Crippen molar-refractivity contribution >= 4 is 16.8 Å². The number of aromatic nitrogens is 1. The zero-order valence-electron chi connectivity index (χ0n) is 9.07. The third kappa shape index (κ3) is 1.48. The molecule has 82 valence electrons. The Kier molecular flexibility index (Phi) is 2.17. The Bertz CT molecular complexity index is 523. The normalized spacial score (nSPS) is 15.9. The maximum Gasteiger partial charge on any atom is 0.253 e. The number of aromatic amines is 1. The lowest BCUT2D eigenvalue weighted by Crippen LogP contribution is -2.27. The third-order valence-electron chi connectivity index (χ3n) is 3.20. The van der Waals surface area contributed by atoms with Crippen molar-refractivity contribution in [3.05, 3.63) is 36.0 Å². The van der Waals surface area contributed by atoms with Gasteiger partial charge in [-0.2, -0.15) is 0 Å². The second kappa shape index (κ2) is 3.67. The largest absolute Gasteiger partial charge is 0.361 e. The van der Waals surface area contributed by atoms with E-state index in [-0.39, 0.29) is 5.91 Å². The van der Waals surface area contributed by atoms with Gasteiger partial charge in [-0.25, -0.2) is 0 Å². The van der Waals surface area contributed by atoms with Crippen LogP contribution >= 0.6 is 0 Å². The molecular formula is C13H14N2O. The number of nitrogens with one attached hydrogen (secondary N) is 1. The summed E-state index contributed by atoms with van der Waals surface area (Å²) in [7, 11) is 0. The number of carbonyl (C=O) groups is 1. The number of nitrogens with zero attached hydrogens (tertiary/aromatic N) is 1. The van der Waals surface area contributed by atoms with E-state index in [0.717, 1.165) is 42.4 Å². The summed E-state index contributed by atoms with van der Waals surface area (Å²) in [5.74, 6) is 0.161. The van der Waals surface area contributed by atoms with E-state index in [0.29, 0.717) is 0 Å². The van der Waals surface area contributed by atoms with Gasteiger partial charge in [0.1, 0.15) is 0 Å². The quantitative estimate of drug-likeness (QED) is 0.777. The maximum absolute atomic E-state index is 12.1. The van der Waals surface area contributed by atoms with Gasteiger partial charge in [0, 0.05) is 30.4 Å². The van der Waals surface area contributed by atoms with E-state index >= 15 is 0 Å². The smallest absolute Gasteiger partial charge is 0.253 e. The first-order valence-corrected chi connectivity index (χ1v) is 5.71. The van der Waals surface area contributed by atoms with Crippen molar-refractivity contribution in [2.75, 3.05) is 13.1 Å². The summed E-state index contributed by atoms with van der Waals surface area (Å²) in [6, 6.07) is 7.86. The molecule has 0 bridgehead atoms. The molecule has 0 aliphatic carbocycles. The van der Waals surface area contributed by atoms with Gasteiger partial charge in [-0.05, 0) is 36.4 Å². The minimum atomic E-state index is 0.161. The summed E-state index contributed by atoms with van der Waals surface area (Å²) < 4.78 is 0. The van der Waals surface area contributed by atoms with Gasteiger partial charge in [-0.15, -0.1) is 0 Å². The van der Waals surface area contributed by atoms with Crippen molar-refractivity contribution in [2.45, 2.75) is 12.8 Å². The molecule has 1 aliphatic rings. The highest BCUT2D eigenvalue weighted by Gasteiger charge is 2.19. The first-order valence-electron chi connectivity index (χ1n) is 5.71. The number of rotatable bonds is 1. The first-order chi connectivity index (χ1) is 7.84. The minimum absolute atomic E-state index is 0.161. The summed E-state index contributed by atoms with van der Waals surface area (Å²) in [6.07, 6.45) is 4.17. The summed E-state index contributed by atoms with van der Waals surface area (Å²) in [4.78, 5) is 17.2. The SMILES string of the molecule is O=C(c1ccc2cc[nH]c2c1)N1CCCC1. The molecular weight excluding hydrogens is 200 g/mol. The molecule has 1 amide bonds. The molecule has 1 fully saturated rings. The summed E-state index contributed by atoms with van der Waals surface area (Å²) in [5.41, 5.74) is 1.82. The van der Waals surface area contributed by atoms with Gasteiger partial charge in [0.25, 0.3) is 5.91 Å². The predicted octanol–water partition coefficient (Wildman–Crippen LogP) is 2.40. The molecule has 0 saturated carbocycles. The number of hydrogen-bond donors (Lipinski definition) is 1. The predicted molar refractivity (Wildman–Crippen MR) is 63.4 cm³/mol. The fraction of sp³-hybridized carbons (Fsp3) is 0.308. The average molecular weight is 214 g/mol. The van der Waals surface area contributed by atoms with E-state index < -0.39 is 0 Å². The van der Waals surface area contributed by atoms with Gasteiger partial charge >= 0.3 is 0 Å². The van der Waals surface area contributed by atoms with Crippen molar-refractivity contribution in [3.8, 4) is 0 Å². The molecule has 16 heavy (non-hydrogen) atoms. The molecule has 1 N–H and O–H groups in total. The van der Waals surface area contributed by atoms with Gasteiger partial charge in [0.05, 0.1) is 0 Å². The number of likely N-dealkylation sites (tertiary alicyclic amines) is 1. The average Bonchev–Trinajstić information content (AvgIpc) is 2.98. The summed E-state index contributed by atoms with van der Waals surface area (Å²) in [6.45, 7) is 1.81. The standard InChI is InChI=1S/C13H14N2O/c16-13(15-7-1-2-8-15)11-4-3-10-5-6-14-12(10)9-11/h3-6,9,14H,1-2,7-8H2. The topological polar surface area (TPSA) is 36.1 Å². The van der Waals surface area contributed by atoms with Gasteiger partial charge < -0.3 is 9.88 Å². The molecule has 1 saturated heterocycles. The van der Waals surface area contributed by atoms with E-state index in [2.05, 4.69) is 4.98 Å². The zero-order chi connectivity index (χ0) is 11.0. The lowest BCUT2D eigenvalue weighted by Gasteiger charge is -2.14. The number of H-pyrrole nitrogens is 1. The van der Waals surface area contributed by atoms with Crippen LogP contribution in [0.1, 0.15) is 23.2 Å². The van der Waals surface area contributed by atoms with Crippen LogP contribution in [0.5, 0.6) is 0 Å². The Balaban J connectivity index is 1.95. The summed E-state index contributed by atoms with van der Waals surface area (Å²) >= 11 is 0. The molecule has 1 aromatic carbocycles. The Labute approximate surface area is 94.1 Å². The van der Waals surface area contributed by atoms with Gasteiger partial charge in [-0.1, -0.05) is 6.07 Å². The van der Waals surface area contributed by atoms with Crippen LogP contribution < -0.4 is 0 Å². The van der Waals surface area contributed by atoms with Crippen LogP contribution in [0.25, 0.3) is 10.9 Å². The lowest BCUT2D eigenvalue weighted by atomic mass is 10.1. The highest BCUT2D eigenvalue weighted by atomic mass is 16.2. The molecule has 0 atom stereocenters. The van der Waals surface area contributed by atoms with Crippen molar-refractivity contribution < 1.29 is 4.79 Å². The van der Waals surface area contributed by atoms with Crippen LogP contribution in [-0.2, 0) is 0 Å². The van der Waals surface area contributed by atoms with Crippen LogP contribution in [0.3, 0.4) is 0 Å². The first kappa shape index (κ1) is 9.46. The number of carbonyl (C=O) groups excluding carboxylic acids is 1. The van der Waals surface area contributed by atoms with Crippen LogP contribution in [0.2, 0.25) is 0 Å². The fourth-order valence-corrected chi connectivity index (χ4v) is 2.28. The van der Waals surface area contributed by atoms with Gasteiger partial charge in [0.2, 0.25) is 0 Å². The summed E-state index contributed by atoms with van der Waals surface area (Å²) in [5, 5.41) is 1.15. The van der Waals surface area contributed by atoms with E-state index in [9.17, 15) is 4.79 Å². The highest BCUT2D eigenvalue weighted by Crippen LogP contribution is 2.17. The molecule has 3 rings (SSSR count). The minimum Gasteiger partial charge on any atom is -0.361 e. The van der Waals surface area contributed by atoms with Crippen molar-refractivity contribution in [2.24, 2.45) is 0 Å². The van der Waals surface area contributed by atoms with Crippen LogP contribution in [0, 0.1) is 0 Å². The van der Waals surface area contributed by atoms with E-state index in [1.807, 2.05) is 35.4 Å². The molecule has 0 spiro atoms. The van der Waals surface area contributed by atoms with Crippen LogP contribution in [0.4, 0.5) is 0 Å². The Morgan fingerprint density at radius 2 is 2.00 bits per heavy atom. The van der Waals surface area contributed by atoms with Gasteiger partial charge in [-0.3, -0.25) is 4.79 Å². The molecule has 3 nitrogen and oxygen atoms in total. The number of benzene rings is 1. The Morgan fingerprint density at radius 1 is 1.19 bits per heavy atom. The molecule has 0 radical (unpaired) electrons. The van der Waals surface area contributed by atoms with Crippen molar-refractivity contribution in [1.82, 2.24) is 9.88 Å². The molecule has 1 aliphatic heterocycles. The number of hydrogen-bond acceptors (Lipinski definition) is 1. The number of amides is 1. The van der Waals surface area contributed by atoms with E-state index in [1.165, 1.54) is 0 Å². The second-order valence-corrected chi connectivity index (χ2v) is 4.28. The molecule has 3 heteroatoms. The molecule has 1 aromatic heterocycles.